The van der Waals surface area contributed by atoms with Gasteiger partial charge in [0.1, 0.15) is 11.6 Å². The number of carbonyl (C=O) groups is 4. The number of imide groups is 2. The molecule has 5 aliphatic rings. The number of hydrazine groups is 1. The van der Waals surface area contributed by atoms with Crippen LogP contribution < -0.4 is 5.43 Å². The summed E-state index contributed by atoms with van der Waals surface area (Å²) in [4.78, 5) is 60.6. The molecule has 6 atom stereocenters. The van der Waals surface area contributed by atoms with Gasteiger partial charge in [0.05, 0.1) is 28.9 Å². The van der Waals surface area contributed by atoms with E-state index in [0.717, 1.165) is 48.1 Å². The molecule has 2 saturated carbocycles. The molecule has 2 aliphatic heterocycles. The quantitative estimate of drug-likeness (QED) is 0.162. The Kier molecular flexibility index (Phi) is 7.77. The maximum absolute atomic E-state index is 15.4. The Labute approximate surface area is 305 Å². The number of halogens is 2. The predicted octanol–water partition coefficient (Wildman–Crippen LogP) is 7.66. The van der Waals surface area contributed by atoms with Crippen molar-refractivity contribution in [3.05, 3.63) is 119 Å². The molecule has 4 amide bonds. The number of rotatable bonds is 5. The van der Waals surface area contributed by atoms with Gasteiger partial charge in [-0.25, -0.2) is 4.39 Å². The lowest BCUT2D eigenvalue weighted by atomic mass is 9.48. The van der Waals surface area contributed by atoms with E-state index >= 15 is 4.79 Å². The molecule has 10 heteroatoms. The van der Waals surface area contributed by atoms with Gasteiger partial charge in [0, 0.05) is 22.5 Å². The first kappa shape index (κ1) is 32.9. The Hall–Kier alpha value is -5.02. The summed E-state index contributed by atoms with van der Waals surface area (Å²) in [5, 5.41) is 14.9. The molecule has 0 aromatic heterocycles. The molecule has 4 aromatic carbocycles. The van der Waals surface area contributed by atoms with Crippen LogP contribution in [0.2, 0.25) is 5.02 Å². The average Bonchev–Trinajstić information content (AvgIpc) is 3.54. The monoisotopic (exact) mass is 717 g/mol. The second-order valence-electron chi connectivity index (χ2n) is 14.9. The number of nitrogens with one attached hydrogen (secondary N) is 1. The van der Waals surface area contributed by atoms with Crippen molar-refractivity contribution in [1.29, 1.82) is 0 Å². The largest absolute Gasteiger partial charge is 0.508 e. The second kappa shape index (κ2) is 12.3. The first-order valence-electron chi connectivity index (χ1n) is 18.1. The third kappa shape index (κ3) is 4.71. The van der Waals surface area contributed by atoms with Crippen LogP contribution in [0.1, 0.15) is 62.0 Å². The fourth-order valence-corrected chi connectivity index (χ4v) is 10.4. The summed E-state index contributed by atoms with van der Waals surface area (Å²) in [6.07, 6.45) is 7.04. The first-order chi connectivity index (χ1) is 25.2. The van der Waals surface area contributed by atoms with Gasteiger partial charge in [0.15, 0.2) is 0 Å². The van der Waals surface area contributed by atoms with Crippen LogP contribution in [0.3, 0.4) is 0 Å². The minimum atomic E-state index is -1.58. The normalized spacial score (nSPS) is 28.9. The van der Waals surface area contributed by atoms with E-state index in [-0.39, 0.29) is 30.0 Å². The minimum absolute atomic E-state index is 0.0395. The lowest BCUT2D eigenvalue weighted by Crippen LogP contribution is -2.53. The van der Waals surface area contributed by atoms with Crippen LogP contribution in [0.25, 0.3) is 10.8 Å². The molecule has 2 saturated heterocycles. The molecule has 8 nitrogen and oxygen atoms in total. The van der Waals surface area contributed by atoms with Gasteiger partial charge in [-0.3, -0.25) is 29.5 Å². The molecule has 4 fully saturated rings. The number of allylic oxidation sites excluding steroid dienone is 2. The van der Waals surface area contributed by atoms with E-state index in [0.29, 0.717) is 33.6 Å². The Morgan fingerprint density at radius 1 is 0.808 bits per heavy atom. The molecule has 0 bridgehead atoms. The molecule has 0 spiro atoms. The van der Waals surface area contributed by atoms with E-state index in [1.807, 2.05) is 36.4 Å². The lowest BCUT2D eigenvalue weighted by Gasteiger charge is -2.51. The Morgan fingerprint density at radius 2 is 1.54 bits per heavy atom. The number of fused-ring (bicyclic) bond motifs is 5. The first-order valence-corrected chi connectivity index (χ1v) is 18.5. The van der Waals surface area contributed by atoms with Crippen molar-refractivity contribution in [2.45, 2.75) is 62.3 Å². The number of phenols is 1. The van der Waals surface area contributed by atoms with E-state index < -0.39 is 52.6 Å². The minimum Gasteiger partial charge on any atom is -0.508 e. The van der Waals surface area contributed by atoms with Crippen LogP contribution in [0.15, 0.2) is 96.6 Å². The standard InChI is InChI=1S/C42H37ClFN3O5/c43-25-13-11-24(12-14-25)42-33(39(50)47(41(42)52)45-27-17-15-26(44)16-18-27)22-32-30(37(42)36-29-9-5-4-6-23(29)10-21-34(36)48)19-20-31-35(32)40(51)46(38(31)49)28-7-2-1-3-8-28/h4-6,9-19,21,28,31-33,35,37,45,48H,1-3,7-8,20,22H2. The fraction of sp³-hybridized carbons (Fsp3) is 0.333. The van der Waals surface area contributed by atoms with Crippen molar-refractivity contribution >= 4 is 51.7 Å². The number of hydrogen-bond acceptors (Lipinski definition) is 6. The molecular weight excluding hydrogens is 681 g/mol. The van der Waals surface area contributed by atoms with Gasteiger partial charge in [0.25, 0.3) is 11.8 Å². The van der Waals surface area contributed by atoms with Crippen LogP contribution in [0.5, 0.6) is 5.75 Å². The van der Waals surface area contributed by atoms with Crippen LogP contribution in [0.4, 0.5) is 10.1 Å². The highest BCUT2D eigenvalue weighted by Gasteiger charge is 2.71. The number of hydrogen-bond donors (Lipinski definition) is 2. The number of likely N-dealkylation sites (tertiary alicyclic amines) is 1. The van der Waals surface area contributed by atoms with Crippen LogP contribution in [-0.2, 0) is 24.6 Å². The summed E-state index contributed by atoms with van der Waals surface area (Å²) in [5.41, 5.74) is 3.54. The van der Waals surface area contributed by atoms with Crippen molar-refractivity contribution in [1.82, 2.24) is 9.91 Å². The van der Waals surface area contributed by atoms with Crippen molar-refractivity contribution in [2.75, 3.05) is 5.43 Å². The molecule has 6 unspecified atom stereocenters. The van der Waals surface area contributed by atoms with Crippen molar-refractivity contribution < 1.29 is 28.7 Å². The molecule has 2 heterocycles. The number of aromatic hydroxyl groups is 1. The highest BCUT2D eigenvalue weighted by Crippen LogP contribution is 2.65. The molecule has 2 N–H and O–H groups in total. The second-order valence-corrected chi connectivity index (χ2v) is 15.4. The van der Waals surface area contributed by atoms with E-state index in [1.165, 1.54) is 29.2 Å². The molecule has 52 heavy (non-hydrogen) atoms. The zero-order valence-corrected chi connectivity index (χ0v) is 29.1. The van der Waals surface area contributed by atoms with Gasteiger partial charge in [-0.15, -0.1) is 0 Å². The zero-order valence-electron chi connectivity index (χ0n) is 28.3. The van der Waals surface area contributed by atoms with Gasteiger partial charge in [-0.1, -0.05) is 85.0 Å². The molecule has 9 rings (SSSR count). The lowest BCUT2D eigenvalue weighted by molar-refractivity contribution is -0.144. The summed E-state index contributed by atoms with van der Waals surface area (Å²) in [5.74, 6) is -5.58. The summed E-state index contributed by atoms with van der Waals surface area (Å²) in [6.45, 7) is 0. The third-order valence-corrected chi connectivity index (χ3v) is 12.7. The Bertz CT molecular complexity index is 2180. The van der Waals surface area contributed by atoms with Gasteiger partial charge >= 0.3 is 0 Å². The molecule has 4 aromatic rings. The van der Waals surface area contributed by atoms with E-state index in [9.17, 15) is 23.9 Å². The summed E-state index contributed by atoms with van der Waals surface area (Å²) >= 11 is 6.41. The topological polar surface area (TPSA) is 107 Å². The molecule has 0 radical (unpaired) electrons. The van der Waals surface area contributed by atoms with E-state index in [1.54, 1.807) is 30.3 Å². The fourth-order valence-electron chi connectivity index (χ4n) is 10.3. The Morgan fingerprint density at radius 3 is 2.29 bits per heavy atom. The number of carbonyl (C=O) groups excluding carboxylic acids is 4. The van der Waals surface area contributed by atoms with Crippen molar-refractivity contribution in [2.24, 2.45) is 23.7 Å². The zero-order chi connectivity index (χ0) is 35.9. The van der Waals surface area contributed by atoms with E-state index in [2.05, 4.69) is 5.43 Å². The van der Waals surface area contributed by atoms with E-state index in [4.69, 9.17) is 11.6 Å². The average molecular weight is 718 g/mol. The predicted molar refractivity (Wildman–Crippen MR) is 193 cm³/mol. The molecule has 3 aliphatic carbocycles. The molecular formula is C42H37ClFN3O5. The third-order valence-electron chi connectivity index (χ3n) is 12.5. The number of phenolic OH excluding ortho intramolecular Hbond substituents is 1. The van der Waals surface area contributed by atoms with Crippen LogP contribution >= 0.6 is 11.6 Å². The molecule has 264 valence electrons. The number of nitrogens with zero attached hydrogens (tertiary/aromatic N) is 2. The highest BCUT2D eigenvalue weighted by atomic mass is 35.5. The van der Waals surface area contributed by atoms with Crippen LogP contribution in [0, 0.1) is 29.5 Å². The van der Waals surface area contributed by atoms with Gasteiger partial charge in [-0.2, -0.15) is 5.01 Å². The SMILES string of the molecule is O=C1C2CC3C(=CCC4C(=O)N(C5CCCCC5)C(=O)C43)C(c3c(O)ccc4ccccc34)C2(c2ccc(Cl)cc2)C(=O)N1Nc1ccc(F)cc1. The number of anilines is 1. The smallest absolute Gasteiger partial charge is 0.260 e. The van der Waals surface area contributed by atoms with Crippen molar-refractivity contribution in [3.63, 3.8) is 0 Å². The maximum Gasteiger partial charge on any atom is 0.260 e. The van der Waals surface area contributed by atoms with Crippen LogP contribution in [-0.4, -0.2) is 44.7 Å². The van der Waals surface area contributed by atoms with Crippen molar-refractivity contribution in [3.8, 4) is 5.75 Å². The maximum atomic E-state index is 15.4. The number of benzene rings is 4. The highest BCUT2D eigenvalue weighted by molar-refractivity contribution is 6.30. The van der Waals surface area contributed by atoms with Gasteiger partial charge in [0.2, 0.25) is 11.8 Å². The summed E-state index contributed by atoms with van der Waals surface area (Å²) in [7, 11) is 0. The summed E-state index contributed by atoms with van der Waals surface area (Å²) < 4.78 is 13.9. The van der Waals surface area contributed by atoms with Gasteiger partial charge < -0.3 is 5.11 Å². The summed E-state index contributed by atoms with van der Waals surface area (Å²) in [6, 6.07) is 23.2. The number of amides is 4. The van der Waals surface area contributed by atoms with Gasteiger partial charge in [-0.05, 0) is 90.4 Å². The Balaban J connectivity index is 1.28.